The van der Waals surface area contributed by atoms with E-state index >= 15 is 0 Å². The topological polar surface area (TPSA) is 26.3 Å². The highest BCUT2D eigenvalue weighted by Crippen LogP contribution is 2.19. The number of allylic oxidation sites excluding steroid dienone is 1. The quantitative estimate of drug-likeness (QED) is 0.541. The molecule has 0 aliphatic heterocycles. The molecule has 1 rings (SSSR count). The summed E-state index contributed by atoms with van der Waals surface area (Å²) in [5.74, 6) is 0.416. The summed E-state index contributed by atoms with van der Waals surface area (Å²) in [5.41, 5.74) is 0.928. The second kappa shape index (κ2) is 5.22. The third-order valence-electron chi connectivity index (χ3n) is 1.78. The van der Waals surface area contributed by atoms with Crippen LogP contribution in [0.4, 0.5) is 0 Å². The molecule has 0 saturated carbocycles. The van der Waals surface area contributed by atoms with Crippen LogP contribution in [0.3, 0.4) is 0 Å². The Kier molecular flexibility index (Phi) is 3.92. The van der Waals surface area contributed by atoms with Gasteiger partial charge < -0.3 is 4.74 Å². The highest BCUT2D eigenvalue weighted by Gasteiger charge is 2.03. The summed E-state index contributed by atoms with van der Waals surface area (Å²) in [6, 6.07) is 7.48. The van der Waals surface area contributed by atoms with E-state index in [1.165, 1.54) is 0 Å². The van der Waals surface area contributed by atoms with Crippen molar-refractivity contribution in [2.75, 3.05) is 0 Å². The molecule has 0 fully saturated rings. The van der Waals surface area contributed by atoms with Gasteiger partial charge >= 0.3 is 5.97 Å². The first-order valence-corrected chi connectivity index (χ1v) is 4.70. The predicted octanol–water partition coefficient (Wildman–Crippen LogP) is 3.04. The molecule has 74 valence electrons. The van der Waals surface area contributed by atoms with Gasteiger partial charge in [0.1, 0.15) is 5.75 Å². The molecule has 0 aliphatic rings. The maximum atomic E-state index is 11.1. The lowest BCUT2D eigenvalue weighted by Gasteiger charge is -2.05. The Morgan fingerprint density at radius 1 is 1.43 bits per heavy atom. The van der Waals surface area contributed by atoms with E-state index in [9.17, 15) is 4.79 Å². The lowest BCUT2D eigenvalue weighted by atomic mass is 10.2. The fraction of sp³-hybridized carbons (Fsp3) is 0.250. The van der Waals surface area contributed by atoms with Crippen LogP contribution in [0.5, 0.6) is 5.75 Å². The van der Waals surface area contributed by atoms with Crippen LogP contribution >= 0.6 is 0 Å². The molecule has 0 radical (unpaired) electrons. The van der Waals surface area contributed by atoms with E-state index in [1.54, 1.807) is 13.0 Å². The lowest BCUT2D eigenvalue weighted by molar-refractivity contribution is -0.134. The second-order valence-corrected chi connectivity index (χ2v) is 2.87. The van der Waals surface area contributed by atoms with Gasteiger partial charge in [-0.3, -0.25) is 4.79 Å². The van der Waals surface area contributed by atoms with Crippen LogP contribution in [0.25, 0.3) is 6.08 Å². The van der Waals surface area contributed by atoms with Crippen molar-refractivity contribution in [3.05, 3.63) is 35.9 Å². The monoisotopic (exact) mass is 190 g/mol. The molecule has 0 bridgehead atoms. The molecule has 14 heavy (non-hydrogen) atoms. The van der Waals surface area contributed by atoms with Crippen LogP contribution in [-0.2, 0) is 4.79 Å². The molecule has 0 saturated heterocycles. The van der Waals surface area contributed by atoms with Crippen LogP contribution in [0.1, 0.15) is 25.8 Å². The van der Waals surface area contributed by atoms with Gasteiger partial charge in [0.05, 0.1) is 0 Å². The van der Waals surface area contributed by atoms with Crippen LogP contribution in [-0.4, -0.2) is 5.97 Å². The number of carbonyl (C=O) groups is 1. The van der Waals surface area contributed by atoms with Crippen LogP contribution in [0, 0.1) is 0 Å². The average molecular weight is 190 g/mol. The standard InChI is InChI=1S/C12H14O2/c1-3-7-10-8-5-6-9-11(10)14-12(13)4-2/h3,5-9H,4H2,1-2H3/b7-3+. The van der Waals surface area contributed by atoms with E-state index in [4.69, 9.17) is 4.74 Å². The second-order valence-electron chi connectivity index (χ2n) is 2.87. The van der Waals surface area contributed by atoms with Crippen LogP contribution in [0.15, 0.2) is 30.3 Å². The van der Waals surface area contributed by atoms with Crippen molar-refractivity contribution >= 4 is 12.0 Å². The first-order chi connectivity index (χ1) is 6.77. The van der Waals surface area contributed by atoms with Crippen molar-refractivity contribution in [2.45, 2.75) is 20.3 Å². The minimum absolute atomic E-state index is 0.207. The zero-order valence-corrected chi connectivity index (χ0v) is 8.49. The molecule has 2 heteroatoms. The molecular formula is C12H14O2. The maximum absolute atomic E-state index is 11.1. The Hall–Kier alpha value is -1.57. The van der Waals surface area contributed by atoms with Crippen molar-refractivity contribution in [2.24, 2.45) is 0 Å². The molecular weight excluding hydrogens is 176 g/mol. The minimum atomic E-state index is -0.207. The van der Waals surface area contributed by atoms with Gasteiger partial charge in [-0.25, -0.2) is 0 Å². The molecule has 0 N–H and O–H groups in total. The van der Waals surface area contributed by atoms with Crippen molar-refractivity contribution in [3.63, 3.8) is 0 Å². The maximum Gasteiger partial charge on any atom is 0.310 e. The Morgan fingerprint density at radius 2 is 2.14 bits per heavy atom. The van der Waals surface area contributed by atoms with E-state index in [2.05, 4.69) is 0 Å². The summed E-state index contributed by atoms with van der Waals surface area (Å²) in [5, 5.41) is 0. The third kappa shape index (κ3) is 2.73. The van der Waals surface area contributed by atoms with E-state index < -0.39 is 0 Å². The summed E-state index contributed by atoms with van der Waals surface area (Å²) >= 11 is 0. The first-order valence-electron chi connectivity index (χ1n) is 4.70. The van der Waals surface area contributed by atoms with Gasteiger partial charge in [-0.15, -0.1) is 0 Å². The van der Waals surface area contributed by atoms with E-state index in [0.29, 0.717) is 12.2 Å². The Labute approximate surface area is 84.2 Å². The van der Waals surface area contributed by atoms with Gasteiger partial charge in [-0.2, -0.15) is 0 Å². The molecule has 1 aromatic carbocycles. The van der Waals surface area contributed by atoms with E-state index in [-0.39, 0.29) is 5.97 Å². The third-order valence-corrected chi connectivity index (χ3v) is 1.78. The first kappa shape index (κ1) is 10.5. The lowest BCUT2D eigenvalue weighted by Crippen LogP contribution is -2.06. The van der Waals surface area contributed by atoms with Crippen molar-refractivity contribution in [3.8, 4) is 5.75 Å². The van der Waals surface area contributed by atoms with Crippen LogP contribution in [0.2, 0.25) is 0 Å². The Morgan fingerprint density at radius 3 is 2.79 bits per heavy atom. The summed E-state index contributed by atoms with van der Waals surface area (Å²) in [6.07, 6.45) is 4.22. The zero-order valence-electron chi connectivity index (χ0n) is 8.49. The predicted molar refractivity (Wildman–Crippen MR) is 57.1 cm³/mol. The fourth-order valence-electron chi connectivity index (χ4n) is 1.09. The molecule has 0 spiro atoms. The van der Waals surface area contributed by atoms with Gasteiger partial charge in [-0.05, 0) is 13.0 Å². The van der Waals surface area contributed by atoms with Gasteiger partial charge in [-0.1, -0.05) is 37.3 Å². The smallest absolute Gasteiger partial charge is 0.310 e. The van der Waals surface area contributed by atoms with Crippen molar-refractivity contribution < 1.29 is 9.53 Å². The summed E-state index contributed by atoms with van der Waals surface area (Å²) in [7, 11) is 0. The summed E-state index contributed by atoms with van der Waals surface area (Å²) in [6.45, 7) is 3.71. The number of benzene rings is 1. The number of esters is 1. The molecule has 0 amide bonds. The molecule has 0 aromatic heterocycles. The van der Waals surface area contributed by atoms with Gasteiger partial charge in [0, 0.05) is 12.0 Å². The molecule has 0 unspecified atom stereocenters. The summed E-state index contributed by atoms with van der Waals surface area (Å²) in [4.78, 5) is 11.1. The number of hydrogen-bond donors (Lipinski definition) is 0. The average Bonchev–Trinajstić information content (AvgIpc) is 2.21. The number of rotatable bonds is 3. The highest BCUT2D eigenvalue weighted by atomic mass is 16.5. The van der Waals surface area contributed by atoms with E-state index in [0.717, 1.165) is 5.56 Å². The largest absolute Gasteiger partial charge is 0.426 e. The molecule has 1 aromatic rings. The number of ether oxygens (including phenoxy) is 1. The molecule has 0 heterocycles. The molecule has 0 aliphatic carbocycles. The van der Waals surface area contributed by atoms with E-state index in [1.807, 2.05) is 37.3 Å². The van der Waals surface area contributed by atoms with Gasteiger partial charge in [0.25, 0.3) is 0 Å². The highest BCUT2D eigenvalue weighted by molar-refractivity contribution is 5.73. The van der Waals surface area contributed by atoms with Gasteiger partial charge in [0.15, 0.2) is 0 Å². The Balaban J connectivity index is 2.89. The van der Waals surface area contributed by atoms with Crippen molar-refractivity contribution in [1.29, 1.82) is 0 Å². The van der Waals surface area contributed by atoms with Gasteiger partial charge in [0.2, 0.25) is 0 Å². The van der Waals surface area contributed by atoms with Crippen LogP contribution < -0.4 is 4.74 Å². The Bertz CT molecular complexity index is 340. The number of carbonyl (C=O) groups excluding carboxylic acids is 1. The number of hydrogen-bond acceptors (Lipinski definition) is 2. The number of para-hydroxylation sites is 1. The zero-order chi connectivity index (χ0) is 10.4. The van der Waals surface area contributed by atoms with Crippen molar-refractivity contribution in [1.82, 2.24) is 0 Å². The normalized spacial score (nSPS) is 10.4. The SMILES string of the molecule is C/C=C/c1ccccc1OC(=O)CC. The molecule has 0 atom stereocenters. The molecule has 2 nitrogen and oxygen atoms in total. The minimum Gasteiger partial charge on any atom is -0.426 e. The summed E-state index contributed by atoms with van der Waals surface area (Å²) < 4.78 is 5.16. The fourth-order valence-corrected chi connectivity index (χ4v) is 1.09.